The van der Waals surface area contributed by atoms with Gasteiger partial charge in [-0.1, -0.05) is 6.92 Å². The molecule has 110 valence electrons. The van der Waals surface area contributed by atoms with Gasteiger partial charge in [-0.05, 0) is 40.8 Å². The van der Waals surface area contributed by atoms with E-state index in [2.05, 4.69) is 46.0 Å². The standard InChI is InChI=1S/C13H26BFNOPS/c1-7-10-12(11(15)13(14)19-10)17-18(6)16(8(2)3)9(4)5/h8-13H,7H2,1-6H3. The minimum atomic E-state index is -1.05. The molecule has 0 spiro atoms. The zero-order chi connectivity index (χ0) is 14.7. The van der Waals surface area contributed by atoms with Crippen LogP contribution < -0.4 is 0 Å². The van der Waals surface area contributed by atoms with Crippen LogP contribution in [0.25, 0.3) is 0 Å². The van der Waals surface area contributed by atoms with Crippen LogP contribution in [0, 0.1) is 0 Å². The summed E-state index contributed by atoms with van der Waals surface area (Å²) in [7, 11) is 5.02. The van der Waals surface area contributed by atoms with Gasteiger partial charge in [0.2, 0.25) is 0 Å². The average molecular weight is 305 g/mol. The van der Waals surface area contributed by atoms with Gasteiger partial charge in [-0.25, -0.2) is 4.39 Å². The fraction of sp³-hybridized carbons (Fsp3) is 1.00. The van der Waals surface area contributed by atoms with Crippen LogP contribution in [0.1, 0.15) is 41.0 Å². The van der Waals surface area contributed by atoms with Crippen LogP contribution in [-0.4, -0.2) is 53.9 Å². The van der Waals surface area contributed by atoms with E-state index in [-0.39, 0.29) is 11.4 Å². The molecule has 0 bridgehead atoms. The molecule has 2 radical (unpaired) electrons. The Balaban J connectivity index is 2.71. The maximum absolute atomic E-state index is 14.2. The van der Waals surface area contributed by atoms with E-state index in [1.165, 1.54) is 11.8 Å². The summed E-state index contributed by atoms with van der Waals surface area (Å²) in [4.78, 5) is 0. The lowest BCUT2D eigenvalue weighted by molar-refractivity contribution is 0.114. The summed E-state index contributed by atoms with van der Waals surface area (Å²) in [5, 5.41) is -0.263. The lowest BCUT2D eigenvalue weighted by Gasteiger charge is -2.37. The van der Waals surface area contributed by atoms with E-state index in [1.54, 1.807) is 0 Å². The lowest BCUT2D eigenvalue weighted by Crippen LogP contribution is -2.37. The molecule has 1 aliphatic rings. The number of rotatable bonds is 6. The molecule has 1 aliphatic heterocycles. The van der Waals surface area contributed by atoms with Gasteiger partial charge in [0.05, 0.1) is 7.85 Å². The van der Waals surface area contributed by atoms with E-state index < -0.39 is 19.6 Å². The molecule has 1 saturated heterocycles. The van der Waals surface area contributed by atoms with E-state index >= 15 is 0 Å². The van der Waals surface area contributed by atoms with Crippen LogP contribution in [0.4, 0.5) is 4.39 Å². The SMILES string of the molecule is [B]C1SC(CC)C(OP(C)N(C(C)C)C(C)C)C1F. The van der Waals surface area contributed by atoms with E-state index in [0.717, 1.165) is 6.42 Å². The van der Waals surface area contributed by atoms with Crippen LogP contribution in [0.5, 0.6) is 0 Å². The molecule has 0 aromatic heterocycles. The van der Waals surface area contributed by atoms with Crippen molar-refractivity contribution in [3.05, 3.63) is 0 Å². The highest BCUT2D eigenvalue weighted by atomic mass is 32.2. The van der Waals surface area contributed by atoms with Crippen molar-refractivity contribution < 1.29 is 8.91 Å². The largest absolute Gasteiger partial charge is 0.336 e. The summed E-state index contributed by atoms with van der Waals surface area (Å²) in [5.74, 6) is 0. The maximum Gasteiger partial charge on any atom is 0.131 e. The first-order valence-corrected chi connectivity index (χ1v) is 9.63. The molecule has 1 rings (SSSR count). The van der Waals surface area contributed by atoms with Crippen LogP contribution in [0.3, 0.4) is 0 Å². The third-order valence-electron chi connectivity index (χ3n) is 3.39. The van der Waals surface area contributed by atoms with Gasteiger partial charge in [-0.15, -0.1) is 0 Å². The summed E-state index contributed by atoms with van der Waals surface area (Å²) in [6, 6.07) is 0.800. The number of hydrogen-bond acceptors (Lipinski definition) is 3. The molecule has 19 heavy (non-hydrogen) atoms. The molecule has 0 N–H and O–H groups in total. The fourth-order valence-electron chi connectivity index (χ4n) is 2.68. The molecule has 6 heteroatoms. The minimum Gasteiger partial charge on any atom is -0.336 e. The van der Waals surface area contributed by atoms with Crippen LogP contribution in [-0.2, 0) is 4.52 Å². The zero-order valence-corrected chi connectivity index (χ0v) is 14.5. The third-order valence-corrected chi connectivity index (χ3v) is 7.03. The van der Waals surface area contributed by atoms with Gasteiger partial charge in [0, 0.05) is 22.5 Å². The third kappa shape index (κ3) is 4.33. The van der Waals surface area contributed by atoms with E-state index in [4.69, 9.17) is 12.4 Å². The highest BCUT2D eigenvalue weighted by molar-refractivity contribution is 8.02. The molecular formula is C13H26BFNOPS. The van der Waals surface area contributed by atoms with Crippen LogP contribution in [0.2, 0.25) is 0 Å². The van der Waals surface area contributed by atoms with Crippen molar-refractivity contribution in [2.75, 3.05) is 6.66 Å². The molecule has 0 amide bonds. The van der Waals surface area contributed by atoms with Crippen LogP contribution in [0.15, 0.2) is 0 Å². The zero-order valence-electron chi connectivity index (χ0n) is 12.8. The first-order valence-electron chi connectivity index (χ1n) is 7.03. The Morgan fingerprint density at radius 2 is 1.84 bits per heavy atom. The maximum atomic E-state index is 14.2. The number of thioether (sulfide) groups is 1. The molecule has 2 nitrogen and oxygen atoms in total. The summed E-state index contributed by atoms with van der Waals surface area (Å²) in [5.41, 5.74) is 0. The van der Waals surface area contributed by atoms with Crippen molar-refractivity contribution in [1.29, 1.82) is 0 Å². The fourth-order valence-corrected chi connectivity index (χ4v) is 6.05. The average Bonchev–Trinajstić information content (AvgIpc) is 2.55. The normalized spacial score (nSPS) is 33.6. The molecule has 1 fully saturated rings. The predicted molar refractivity (Wildman–Crippen MR) is 85.9 cm³/mol. The van der Waals surface area contributed by atoms with Crippen molar-refractivity contribution in [2.24, 2.45) is 0 Å². The Labute approximate surface area is 124 Å². The number of halogens is 1. The van der Waals surface area contributed by atoms with Gasteiger partial charge in [0.1, 0.15) is 20.6 Å². The summed E-state index contributed by atoms with van der Waals surface area (Å²) in [6.45, 7) is 12.8. The number of alkyl halides is 1. The van der Waals surface area contributed by atoms with Gasteiger partial charge in [0.25, 0.3) is 0 Å². The highest BCUT2D eigenvalue weighted by Crippen LogP contribution is 2.48. The molecule has 0 aromatic rings. The molecule has 0 aliphatic carbocycles. The van der Waals surface area contributed by atoms with Crippen molar-refractivity contribution in [3.8, 4) is 0 Å². The van der Waals surface area contributed by atoms with Crippen molar-refractivity contribution in [3.63, 3.8) is 0 Å². The molecule has 0 aromatic carbocycles. The van der Waals surface area contributed by atoms with Crippen molar-refractivity contribution in [2.45, 2.75) is 75.8 Å². The molecular weight excluding hydrogens is 279 g/mol. The van der Waals surface area contributed by atoms with E-state index in [1.807, 2.05) is 0 Å². The van der Waals surface area contributed by atoms with Gasteiger partial charge < -0.3 is 4.52 Å². The van der Waals surface area contributed by atoms with Gasteiger partial charge in [-0.3, -0.25) is 4.67 Å². The second kappa shape index (κ2) is 7.63. The topological polar surface area (TPSA) is 12.5 Å². The Kier molecular flexibility index (Phi) is 7.13. The summed E-state index contributed by atoms with van der Waals surface area (Å²) < 4.78 is 22.6. The Morgan fingerprint density at radius 1 is 1.32 bits per heavy atom. The number of hydrogen-bond donors (Lipinski definition) is 0. The smallest absolute Gasteiger partial charge is 0.131 e. The van der Waals surface area contributed by atoms with Gasteiger partial charge in [-0.2, -0.15) is 11.8 Å². The second-order valence-electron chi connectivity index (χ2n) is 5.59. The molecule has 5 unspecified atom stereocenters. The van der Waals surface area contributed by atoms with Crippen molar-refractivity contribution in [1.82, 2.24) is 4.67 Å². The molecule has 1 heterocycles. The quantitative estimate of drug-likeness (QED) is 0.547. The predicted octanol–water partition coefficient (Wildman–Crippen LogP) is 3.79. The summed E-state index contributed by atoms with van der Waals surface area (Å²) >= 11 is 1.52. The Hall–Kier alpha value is 0.695. The highest BCUT2D eigenvalue weighted by Gasteiger charge is 2.43. The van der Waals surface area contributed by atoms with E-state index in [9.17, 15) is 4.39 Å². The van der Waals surface area contributed by atoms with Gasteiger partial charge in [0.15, 0.2) is 0 Å². The minimum absolute atomic E-state index is 0.177. The monoisotopic (exact) mass is 305 g/mol. The summed E-state index contributed by atoms with van der Waals surface area (Å²) in [6.07, 6.45) is -0.516. The number of nitrogens with zero attached hydrogens (tertiary/aromatic N) is 1. The van der Waals surface area contributed by atoms with Crippen LogP contribution >= 0.6 is 20.1 Å². The molecule has 5 atom stereocenters. The van der Waals surface area contributed by atoms with Gasteiger partial charge >= 0.3 is 0 Å². The van der Waals surface area contributed by atoms with E-state index in [0.29, 0.717) is 12.1 Å². The van der Waals surface area contributed by atoms with Crippen molar-refractivity contribution >= 4 is 27.9 Å². The second-order valence-corrected chi connectivity index (χ2v) is 8.62. The first-order chi connectivity index (χ1) is 8.79. The Bertz CT molecular complexity index is 277. The first kappa shape index (κ1) is 17.7. The molecule has 0 saturated carbocycles. The lowest BCUT2D eigenvalue weighted by atomic mass is 9.95. The Morgan fingerprint density at radius 3 is 2.26 bits per heavy atom.